The zero-order valence-electron chi connectivity index (χ0n) is 26.5. The third-order valence-electron chi connectivity index (χ3n) is 7.34. The van der Waals surface area contributed by atoms with Crippen LogP contribution in [0.15, 0.2) is 0 Å². The second kappa shape index (κ2) is 29.1. The van der Waals surface area contributed by atoms with E-state index in [0.717, 1.165) is 32.1 Å². The van der Waals surface area contributed by atoms with Crippen molar-refractivity contribution in [2.45, 2.75) is 174 Å². The largest absolute Gasteiger partial charge is 0.462 e. The van der Waals surface area contributed by atoms with Gasteiger partial charge in [0.2, 0.25) is 0 Å². The fraction of sp³-hybridized carbons (Fsp3) is 0.938. The third-order valence-corrected chi connectivity index (χ3v) is 8.25. The molecule has 0 aromatic rings. The molecule has 0 amide bonds. The number of carbonyl (C=O) groups is 2. The number of unbranched alkanes of at least 4 members (excludes halogenated alkanes) is 20. The maximum atomic E-state index is 12.3. The number of aliphatic hydroxyl groups excluding tert-OH is 1. The fourth-order valence-electron chi connectivity index (χ4n) is 4.73. The van der Waals surface area contributed by atoms with Crippen molar-refractivity contribution in [2.75, 3.05) is 19.6 Å². The molecule has 0 aliphatic carbocycles. The van der Waals surface area contributed by atoms with Gasteiger partial charge in [0.1, 0.15) is 13.0 Å². The highest BCUT2D eigenvalue weighted by molar-refractivity contribution is 7.52. The average molecular weight is 607 g/mol. The summed E-state index contributed by atoms with van der Waals surface area (Å²) in [4.78, 5) is 34.0. The molecule has 0 rings (SSSR count). The number of ether oxygens (including phenoxy) is 2. The second-order valence-corrected chi connectivity index (χ2v) is 13.3. The van der Waals surface area contributed by atoms with Crippen molar-refractivity contribution < 1.29 is 38.2 Å². The molecule has 8 nitrogen and oxygen atoms in total. The maximum absolute atomic E-state index is 12.3. The Morgan fingerprint density at radius 3 is 1.34 bits per heavy atom. The molecule has 0 saturated heterocycles. The van der Waals surface area contributed by atoms with E-state index in [-0.39, 0.29) is 25.4 Å². The van der Waals surface area contributed by atoms with Crippen LogP contribution in [-0.2, 0) is 28.2 Å². The minimum absolute atomic E-state index is 0.233. The predicted molar refractivity (Wildman–Crippen MR) is 166 cm³/mol. The lowest BCUT2D eigenvalue weighted by atomic mass is 10.1. The minimum Gasteiger partial charge on any atom is -0.462 e. The smallest absolute Gasteiger partial charge is 0.353 e. The molecule has 0 aliphatic heterocycles. The molecule has 2 N–H and O–H groups in total. The van der Waals surface area contributed by atoms with Crippen molar-refractivity contribution in [1.29, 1.82) is 0 Å². The van der Waals surface area contributed by atoms with Gasteiger partial charge in [0.15, 0.2) is 6.10 Å². The summed E-state index contributed by atoms with van der Waals surface area (Å²) in [6, 6.07) is 0. The molecule has 0 aromatic heterocycles. The Hall–Kier alpha value is -0.950. The Bertz CT molecular complexity index is 658. The first-order chi connectivity index (χ1) is 19.8. The first-order valence-corrected chi connectivity index (χ1v) is 18.5. The topological polar surface area (TPSA) is 119 Å². The lowest BCUT2D eigenvalue weighted by Gasteiger charge is -2.19. The molecular weight excluding hydrogens is 543 g/mol. The van der Waals surface area contributed by atoms with Crippen molar-refractivity contribution in [2.24, 2.45) is 0 Å². The molecular formula is C32H63O8P. The summed E-state index contributed by atoms with van der Waals surface area (Å²) < 4.78 is 27.2. The molecule has 0 aromatic carbocycles. The predicted octanol–water partition coefficient (Wildman–Crippen LogP) is 9.00. The van der Waals surface area contributed by atoms with Gasteiger partial charge in [0, 0.05) is 12.8 Å². The highest BCUT2D eigenvalue weighted by Crippen LogP contribution is 2.40. The van der Waals surface area contributed by atoms with Crippen molar-refractivity contribution in [1.82, 2.24) is 0 Å². The van der Waals surface area contributed by atoms with Crippen LogP contribution in [0, 0.1) is 0 Å². The summed E-state index contributed by atoms with van der Waals surface area (Å²) in [5, 5.41) is 8.98. The molecule has 0 radical (unpaired) electrons. The van der Waals surface area contributed by atoms with Gasteiger partial charge >= 0.3 is 19.5 Å². The van der Waals surface area contributed by atoms with E-state index in [4.69, 9.17) is 19.1 Å². The first kappa shape index (κ1) is 40.1. The van der Waals surface area contributed by atoms with E-state index < -0.39 is 32.6 Å². The maximum Gasteiger partial charge on any atom is 0.353 e. The lowest BCUT2D eigenvalue weighted by molar-refractivity contribution is -0.161. The van der Waals surface area contributed by atoms with E-state index in [1.807, 2.05) is 0 Å². The van der Waals surface area contributed by atoms with Gasteiger partial charge < -0.3 is 24.0 Å². The van der Waals surface area contributed by atoms with Crippen LogP contribution in [0.4, 0.5) is 0 Å². The molecule has 0 saturated carbocycles. The van der Waals surface area contributed by atoms with E-state index >= 15 is 0 Å². The van der Waals surface area contributed by atoms with Crippen LogP contribution in [0.2, 0.25) is 0 Å². The van der Waals surface area contributed by atoms with Crippen molar-refractivity contribution in [3.05, 3.63) is 0 Å². The van der Waals surface area contributed by atoms with Crippen molar-refractivity contribution >= 4 is 19.5 Å². The molecule has 1 unspecified atom stereocenters. The van der Waals surface area contributed by atoms with Crippen molar-refractivity contribution in [3.63, 3.8) is 0 Å². The van der Waals surface area contributed by atoms with Gasteiger partial charge in [-0.25, -0.2) is 0 Å². The van der Waals surface area contributed by atoms with Crippen LogP contribution in [0.3, 0.4) is 0 Å². The Morgan fingerprint density at radius 2 is 0.951 bits per heavy atom. The Labute approximate surface area is 251 Å². The van der Waals surface area contributed by atoms with Crippen molar-refractivity contribution in [3.8, 4) is 0 Å². The van der Waals surface area contributed by atoms with Crippen LogP contribution in [0.5, 0.6) is 0 Å². The number of hydrogen-bond acceptors (Lipinski definition) is 7. The molecule has 244 valence electrons. The molecule has 41 heavy (non-hydrogen) atoms. The third kappa shape index (κ3) is 28.9. The van der Waals surface area contributed by atoms with Crippen LogP contribution < -0.4 is 0 Å². The zero-order valence-corrected chi connectivity index (χ0v) is 27.4. The molecule has 0 bridgehead atoms. The summed E-state index contributed by atoms with van der Waals surface area (Å²) >= 11 is 0. The summed E-state index contributed by atoms with van der Waals surface area (Å²) in [5.74, 6) is -0.839. The van der Waals surface area contributed by atoms with Gasteiger partial charge in [-0.2, -0.15) is 0 Å². The SMILES string of the molecule is CCCCCCCCCCCCCC(=O)OC[C@H](COP(=O)(O)CO)OC(=O)CCCCCCCCCCCCC. The van der Waals surface area contributed by atoms with E-state index in [2.05, 4.69) is 13.8 Å². The number of esters is 2. The normalized spacial score (nSPS) is 13.6. The second-order valence-electron chi connectivity index (χ2n) is 11.4. The molecule has 0 fully saturated rings. The van der Waals surface area contributed by atoms with E-state index in [0.29, 0.717) is 6.42 Å². The molecule has 0 heterocycles. The van der Waals surface area contributed by atoms with Gasteiger partial charge in [-0.15, -0.1) is 0 Å². The Morgan fingerprint density at radius 1 is 0.585 bits per heavy atom. The number of carbonyl (C=O) groups excluding carboxylic acids is 2. The highest BCUT2D eigenvalue weighted by atomic mass is 31.2. The first-order valence-electron chi connectivity index (χ1n) is 16.8. The summed E-state index contributed by atoms with van der Waals surface area (Å²) in [7, 11) is -4.18. The average Bonchev–Trinajstić information content (AvgIpc) is 2.96. The molecule has 9 heteroatoms. The summed E-state index contributed by atoms with van der Waals surface area (Å²) in [6.45, 7) is 3.78. The fourth-order valence-corrected chi connectivity index (χ4v) is 5.21. The lowest BCUT2D eigenvalue weighted by Crippen LogP contribution is -2.29. The quantitative estimate of drug-likeness (QED) is 0.0456. The van der Waals surface area contributed by atoms with Crippen LogP contribution >= 0.6 is 7.60 Å². The van der Waals surface area contributed by atoms with Gasteiger partial charge in [-0.05, 0) is 12.8 Å². The minimum atomic E-state index is -4.18. The Balaban J connectivity index is 4.10. The monoisotopic (exact) mass is 606 g/mol. The number of hydrogen-bond donors (Lipinski definition) is 2. The van der Waals surface area contributed by atoms with Gasteiger partial charge in [0.25, 0.3) is 0 Å². The number of aliphatic hydroxyl groups is 1. The van der Waals surface area contributed by atoms with Gasteiger partial charge in [-0.3, -0.25) is 14.2 Å². The van der Waals surface area contributed by atoms with Crippen LogP contribution in [0.1, 0.15) is 168 Å². The van der Waals surface area contributed by atoms with Crippen LogP contribution in [0.25, 0.3) is 0 Å². The zero-order chi connectivity index (χ0) is 30.4. The Kier molecular flexibility index (Phi) is 28.5. The van der Waals surface area contributed by atoms with Gasteiger partial charge in [-0.1, -0.05) is 142 Å². The summed E-state index contributed by atoms with van der Waals surface area (Å²) in [6.07, 6.45) is 24.5. The molecule has 0 aliphatic rings. The number of rotatable bonds is 31. The van der Waals surface area contributed by atoms with E-state index in [1.54, 1.807) is 0 Å². The molecule has 2 atom stereocenters. The summed E-state index contributed by atoms with van der Waals surface area (Å²) in [5.41, 5.74) is 0. The van der Waals surface area contributed by atoms with Crippen LogP contribution in [-0.4, -0.2) is 47.6 Å². The standard InChI is InChI=1S/C32H63O8P/c1-3-5-7-9-11-13-15-17-19-21-23-25-31(34)38-27-30(28-39-41(36,37)29-33)40-32(35)26-24-22-20-18-16-14-12-10-8-6-4-2/h30,33H,3-29H2,1-2H3,(H,36,37)/t30-/m1/s1. The molecule has 0 spiro atoms. The van der Waals surface area contributed by atoms with E-state index in [9.17, 15) is 19.0 Å². The highest BCUT2D eigenvalue weighted by Gasteiger charge is 2.24. The van der Waals surface area contributed by atoms with Gasteiger partial charge in [0.05, 0.1) is 6.61 Å². The van der Waals surface area contributed by atoms with E-state index in [1.165, 1.54) is 103 Å².